The third kappa shape index (κ3) is 2.60. The minimum atomic E-state index is -0.830. The average molecular weight is 285 g/mol. The van der Waals surface area contributed by atoms with E-state index in [-0.39, 0.29) is 23.3 Å². The van der Waals surface area contributed by atoms with Crippen LogP contribution in [-0.2, 0) is 9.53 Å². The molecule has 0 unspecified atom stereocenters. The molecule has 1 aromatic rings. The Morgan fingerprint density at radius 3 is 2.38 bits per heavy atom. The van der Waals surface area contributed by atoms with Crippen molar-refractivity contribution in [2.24, 2.45) is 0 Å². The molecule has 0 saturated heterocycles. The van der Waals surface area contributed by atoms with E-state index in [9.17, 15) is 14.4 Å². The molecule has 1 N–H and O–H groups in total. The van der Waals surface area contributed by atoms with Gasteiger partial charge >= 0.3 is 5.97 Å². The lowest BCUT2D eigenvalue weighted by Crippen LogP contribution is -2.39. The zero-order valence-corrected chi connectivity index (χ0v) is 11.1. The Kier molecular flexibility index (Phi) is 4.00. The van der Waals surface area contributed by atoms with Gasteiger partial charge in [0.1, 0.15) is 6.07 Å². The highest BCUT2D eigenvalue weighted by atomic mass is 16.5. The summed E-state index contributed by atoms with van der Waals surface area (Å²) < 4.78 is 4.67. The second kappa shape index (κ2) is 5.88. The number of carbonyl (C=O) groups is 3. The maximum absolute atomic E-state index is 12.0. The predicted molar refractivity (Wildman–Crippen MR) is 70.4 cm³/mol. The molecule has 2 amide bonds. The number of benzene rings is 1. The Labute approximate surface area is 120 Å². The summed E-state index contributed by atoms with van der Waals surface area (Å²) in [7, 11) is 0. The first-order chi connectivity index (χ1) is 10.1. The molecule has 1 aliphatic rings. The van der Waals surface area contributed by atoms with Crippen molar-refractivity contribution in [1.29, 1.82) is 5.26 Å². The van der Waals surface area contributed by atoms with E-state index in [1.165, 1.54) is 12.1 Å². The molecule has 21 heavy (non-hydrogen) atoms. The van der Waals surface area contributed by atoms with Gasteiger partial charge in [-0.2, -0.15) is 10.3 Å². The van der Waals surface area contributed by atoms with Gasteiger partial charge in [0.05, 0.1) is 17.7 Å². The standard InChI is InChI=1S/C14H11N3O4/c1-2-21-14(20)9(7-15)8-16-17-12(18)10-5-3-4-6-11(10)13(17)19/h3-6,8,16H,2H2,1H3/b9-8+. The van der Waals surface area contributed by atoms with Crippen LogP contribution in [0.4, 0.5) is 0 Å². The second-order valence-corrected chi connectivity index (χ2v) is 4.01. The van der Waals surface area contributed by atoms with Gasteiger partial charge in [0.25, 0.3) is 11.8 Å². The minimum Gasteiger partial charge on any atom is -0.462 e. The van der Waals surface area contributed by atoms with Gasteiger partial charge in [0.2, 0.25) is 0 Å². The Balaban J connectivity index is 2.19. The molecule has 0 bridgehead atoms. The molecule has 7 nitrogen and oxygen atoms in total. The van der Waals surface area contributed by atoms with Crippen molar-refractivity contribution in [3.63, 3.8) is 0 Å². The van der Waals surface area contributed by atoms with Gasteiger partial charge in [-0.15, -0.1) is 0 Å². The summed E-state index contributed by atoms with van der Waals surface area (Å²) in [4.78, 5) is 35.5. The van der Waals surface area contributed by atoms with Crippen LogP contribution in [0.3, 0.4) is 0 Å². The first kappa shape index (κ1) is 14.3. The topological polar surface area (TPSA) is 99.5 Å². The van der Waals surface area contributed by atoms with Crippen LogP contribution in [0.15, 0.2) is 36.0 Å². The molecule has 0 spiro atoms. The number of nitrogens with zero attached hydrogens (tertiary/aromatic N) is 2. The van der Waals surface area contributed by atoms with Gasteiger partial charge in [-0.05, 0) is 19.1 Å². The fourth-order valence-corrected chi connectivity index (χ4v) is 1.78. The maximum Gasteiger partial charge on any atom is 0.350 e. The van der Waals surface area contributed by atoms with Crippen LogP contribution in [-0.4, -0.2) is 29.4 Å². The van der Waals surface area contributed by atoms with E-state index in [0.29, 0.717) is 0 Å². The van der Waals surface area contributed by atoms with Crippen molar-refractivity contribution >= 4 is 17.8 Å². The number of nitrogens with one attached hydrogen (secondary N) is 1. The highest BCUT2D eigenvalue weighted by molar-refractivity contribution is 6.21. The SMILES string of the molecule is CCOC(=O)/C(C#N)=C/NN1C(=O)c2ccccc2C1=O. The molecule has 0 saturated carbocycles. The van der Waals surface area contributed by atoms with Crippen molar-refractivity contribution in [3.8, 4) is 6.07 Å². The highest BCUT2D eigenvalue weighted by Crippen LogP contribution is 2.20. The molecular formula is C14H11N3O4. The number of fused-ring (bicyclic) bond motifs is 1. The van der Waals surface area contributed by atoms with Crippen LogP contribution in [0, 0.1) is 11.3 Å². The van der Waals surface area contributed by atoms with E-state index < -0.39 is 17.8 Å². The van der Waals surface area contributed by atoms with E-state index in [2.05, 4.69) is 10.2 Å². The van der Waals surface area contributed by atoms with E-state index in [1.807, 2.05) is 0 Å². The fourth-order valence-electron chi connectivity index (χ4n) is 1.78. The van der Waals surface area contributed by atoms with Crippen molar-refractivity contribution in [2.75, 3.05) is 6.61 Å². The lowest BCUT2D eigenvalue weighted by Gasteiger charge is -2.13. The lowest BCUT2D eigenvalue weighted by atomic mass is 10.1. The normalized spacial score (nSPS) is 13.7. The van der Waals surface area contributed by atoms with Crippen molar-refractivity contribution in [2.45, 2.75) is 6.92 Å². The van der Waals surface area contributed by atoms with Gasteiger partial charge in [-0.3, -0.25) is 15.0 Å². The van der Waals surface area contributed by atoms with Crippen LogP contribution in [0.1, 0.15) is 27.6 Å². The number of esters is 1. The summed E-state index contributed by atoms with van der Waals surface area (Å²) in [6, 6.07) is 7.97. The van der Waals surface area contributed by atoms with Gasteiger partial charge < -0.3 is 4.74 Å². The van der Waals surface area contributed by atoms with Crippen LogP contribution in [0.5, 0.6) is 0 Å². The molecule has 2 rings (SSSR count). The Hall–Kier alpha value is -3.14. The second-order valence-electron chi connectivity index (χ2n) is 4.01. The first-order valence-electron chi connectivity index (χ1n) is 6.11. The van der Waals surface area contributed by atoms with E-state index in [1.54, 1.807) is 25.1 Å². The van der Waals surface area contributed by atoms with Crippen LogP contribution in [0.25, 0.3) is 0 Å². The molecule has 0 aromatic heterocycles. The Bertz CT molecular complexity index is 653. The van der Waals surface area contributed by atoms with Gasteiger partial charge in [0, 0.05) is 6.20 Å². The third-order valence-corrected chi connectivity index (χ3v) is 2.75. The number of carbonyl (C=O) groups excluding carboxylic acids is 3. The van der Waals surface area contributed by atoms with E-state index in [0.717, 1.165) is 11.2 Å². The summed E-state index contributed by atoms with van der Waals surface area (Å²) in [6.07, 6.45) is 0.972. The van der Waals surface area contributed by atoms with Crippen LogP contribution >= 0.6 is 0 Å². The zero-order valence-electron chi connectivity index (χ0n) is 11.1. The van der Waals surface area contributed by atoms with Crippen molar-refractivity contribution in [3.05, 3.63) is 47.2 Å². The molecule has 1 aromatic carbocycles. The van der Waals surface area contributed by atoms with Gasteiger partial charge in [0.15, 0.2) is 5.57 Å². The largest absolute Gasteiger partial charge is 0.462 e. The first-order valence-corrected chi connectivity index (χ1v) is 6.11. The van der Waals surface area contributed by atoms with Gasteiger partial charge in [-0.25, -0.2) is 4.79 Å². The number of hydrogen-bond acceptors (Lipinski definition) is 6. The molecule has 0 fully saturated rings. The summed E-state index contributed by atoms with van der Waals surface area (Å²) in [5.74, 6) is -1.93. The number of hydrogen-bond donors (Lipinski definition) is 1. The predicted octanol–water partition coefficient (Wildman–Crippen LogP) is 0.758. The Morgan fingerprint density at radius 1 is 1.33 bits per heavy atom. The van der Waals surface area contributed by atoms with Crippen LogP contribution < -0.4 is 5.43 Å². The highest BCUT2D eigenvalue weighted by Gasteiger charge is 2.35. The summed E-state index contributed by atoms with van der Waals surface area (Å²) in [5, 5.41) is 9.59. The molecule has 106 valence electrons. The Morgan fingerprint density at radius 2 is 1.90 bits per heavy atom. The average Bonchev–Trinajstić information content (AvgIpc) is 2.73. The molecule has 1 heterocycles. The van der Waals surface area contributed by atoms with Crippen LogP contribution in [0.2, 0.25) is 0 Å². The number of amides is 2. The number of hydrazine groups is 1. The van der Waals surface area contributed by atoms with Crippen molar-refractivity contribution in [1.82, 2.24) is 10.4 Å². The summed E-state index contributed by atoms with van der Waals surface area (Å²) in [6.45, 7) is 1.72. The zero-order chi connectivity index (χ0) is 15.4. The monoisotopic (exact) mass is 285 g/mol. The number of imide groups is 1. The fraction of sp³-hybridized carbons (Fsp3) is 0.143. The number of rotatable bonds is 4. The molecule has 0 aliphatic carbocycles. The summed E-state index contributed by atoms with van der Waals surface area (Å²) >= 11 is 0. The molecule has 7 heteroatoms. The molecule has 0 atom stereocenters. The quantitative estimate of drug-likeness (QED) is 0.379. The summed E-state index contributed by atoms with van der Waals surface area (Å²) in [5.41, 5.74) is 2.55. The molecule has 0 radical (unpaired) electrons. The molecule has 1 aliphatic heterocycles. The van der Waals surface area contributed by atoms with Gasteiger partial charge in [-0.1, -0.05) is 12.1 Å². The van der Waals surface area contributed by atoms with E-state index in [4.69, 9.17) is 5.26 Å². The van der Waals surface area contributed by atoms with E-state index >= 15 is 0 Å². The number of ether oxygens (including phenoxy) is 1. The third-order valence-electron chi connectivity index (χ3n) is 2.75. The smallest absolute Gasteiger partial charge is 0.350 e. The molecular weight excluding hydrogens is 274 g/mol. The van der Waals surface area contributed by atoms with Crippen molar-refractivity contribution < 1.29 is 19.1 Å². The minimum absolute atomic E-state index is 0.116. The lowest BCUT2D eigenvalue weighted by molar-refractivity contribution is -0.138. The maximum atomic E-state index is 12.0. The number of nitriles is 1.